The summed E-state index contributed by atoms with van der Waals surface area (Å²) in [6.45, 7) is 8.82. The molecule has 0 aliphatic rings. The van der Waals surface area contributed by atoms with Gasteiger partial charge in [-0.15, -0.1) is 35.3 Å². The van der Waals surface area contributed by atoms with E-state index >= 15 is 0 Å². The van der Waals surface area contributed by atoms with Gasteiger partial charge in [0.1, 0.15) is 0 Å². The molecule has 0 amide bonds. The van der Waals surface area contributed by atoms with Crippen molar-refractivity contribution in [2.45, 2.75) is 33.2 Å². The van der Waals surface area contributed by atoms with Gasteiger partial charge in [0, 0.05) is 23.9 Å². The molecule has 0 saturated heterocycles. The van der Waals surface area contributed by atoms with E-state index in [2.05, 4.69) is 40.1 Å². The van der Waals surface area contributed by atoms with Crippen LogP contribution in [0.4, 0.5) is 0 Å². The summed E-state index contributed by atoms with van der Waals surface area (Å²) in [5.41, 5.74) is 0.991. The molecule has 0 aliphatic carbocycles. The lowest BCUT2D eigenvalue weighted by atomic mass is 10.1. The summed E-state index contributed by atoms with van der Waals surface area (Å²) in [7, 11) is 0. The normalized spacial score (nSPS) is 12.2. The lowest BCUT2D eigenvalue weighted by Gasteiger charge is -2.15. The first kappa shape index (κ1) is 22.6. The molecule has 2 aromatic rings. The minimum absolute atomic E-state index is 0. The van der Waals surface area contributed by atoms with Gasteiger partial charge in [-0.1, -0.05) is 19.1 Å². The van der Waals surface area contributed by atoms with Crippen LogP contribution >= 0.6 is 35.3 Å². The number of nitrogens with one attached hydrogen (secondary N) is 2. The van der Waals surface area contributed by atoms with E-state index in [1.54, 1.807) is 17.4 Å². The predicted octanol–water partition coefficient (Wildman–Crippen LogP) is 4.33. The number of phenols is 1. The predicted molar refractivity (Wildman–Crippen MR) is 120 cm³/mol. The Kier molecular flexibility index (Phi) is 10.4. The van der Waals surface area contributed by atoms with Gasteiger partial charge in [-0.3, -0.25) is 0 Å². The summed E-state index contributed by atoms with van der Waals surface area (Å²) < 4.78 is 5.42. The molecule has 2 rings (SSSR count). The van der Waals surface area contributed by atoms with Crippen LogP contribution in [-0.2, 0) is 6.54 Å². The van der Waals surface area contributed by atoms with E-state index in [4.69, 9.17) is 4.74 Å². The quantitative estimate of drug-likeness (QED) is 0.294. The standard InChI is InChI=1S/C19H27N3O2S.HI/c1-4-20-19(21-12-14(3)18-7-6-10-25-18)22-13-15-8-9-16(23)17(11-15)24-5-2;/h6-11,14,23H,4-5,12-13H2,1-3H3,(H2,20,21,22);1H. The molecule has 0 fully saturated rings. The van der Waals surface area contributed by atoms with Gasteiger partial charge < -0.3 is 20.5 Å². The number of hydrogen-bond acceptors (Lipinski definition) is 4. The van der Waals surface area contributed by atoms with E-state index in [0.717, 1.165) is 24.6 Å². The van der Waals surface area contributed by atoms with Crippen molar-refractivity contribution in [1.29, 1.82) is 0 Å². The topological polar surface area (TPSA) is 65.9 Å². The minimum Gasteiger partial charge on any atom is -0.504 e. The molecule has 1 aromatic carbocycles. The number of phenolic OH excluding ortho intramolecular Hbond substituents is 1. The van der Waals surface area contributed by atoms with Crippen LogP contribution in [0.2, 0.25) is 0 Å². The Labute approximate surface area is 176 Å². The van der Waals surface area contributed by atoms with E-state index in [1.165, 1.54) is 4.88 Å². The average Bonchev–Trinajstić information content (AvgIpc) is 3.14. The zero-order chi connectivity index (χ0) is 18.1. The number of thiophene rings is 1. The largest absolute Gasteiger partial charge is 0.504 e. The van der Waals surface area contributed by atoms with Crippen LogP contribution in [0.5, 0.6) is 11.5 Å². The van der Waals surface area contributed by atoms with Crippen LogP contribution in [-0.4, -0.2) is 30.8 Å². The van der Waals surface area contributed by atoms with Crippen molar-refractivity contribution in [3.8, 4) is 11.5 Å². The molecule has 144 valence electrons. The van der Waals surface area contributed by atoms with Crippen molar-refractivity contribution in [2.75, 3.05) is 19.7 Å². The highest BCUT2D eigenvalue weighted by molar-refractivity contribution is 14.0. The Bertz CT molecular complexity index is 677. The molecule has 5 nitrogen and oxygen atoms in total. The third-order valence-electron chi connectivity index (χ3n) is 3.69. The molecule has 1 aromatic heterocycles. The van der Waals surface area contributed by atoms with Gasteiger partial charge in [0.2, 0.25) is 0 Å². The van der Waals surface area contributed by atoms with Crippen LogP contribution < -0.4 is 15.4 Å². The number of guanidine groups is 1. The fraction of sp³-hybridized carbons (Fsp3) is 0.421. The zero-order valence-corrected chi connectivity index (χ0v) is 18.6. The Morgan fingerprint density at radius 2 is 2.08 bits per heavy atom. The third kappa shape index (κ3) is 7.03. The van der Waals surface area contributed by atoms with Gasteiger partial charge in [0.05, 0.1) is 13.2 Å². The molecule has 0 aliphatic heterocycles. The lowest BCUT2D eigenvalue weighted by molar-refractivity contribution is 0.318. The van der Waals surface area contributed by atoms with E-state index in [-0.39, 0.29) is 29.7 Å². The third-order valence-corrected chi connectivity index (χ3v) is 4.80. The molecule has 1 atom stereocenters. The summed E-state index contributed by atoms with van der Waals surface area (Å²) >= 11 is 1.78. The molecule has 3 N–H and O–H groups in total. The number of aliphatic imine (C=N–C) groups is 1. The maximum absolute atomic E-state index is 9.78. The Hall–Kier alpha value is -1.48. The second-order valence-electron chi connectivity index (χ2n) is 5.73. The summed E-state index contributed by atoms with van der Waals surface area (Å²) in [5.74, 6) is 1.88. The first-order valence-electron chi connectivity index (χ1n) is 8.64. The molecular formula is C19H28IN3O2S. The monoisotopic (exact) mass is 489 g/mol. The van der Waals surface area contributed by atoms with Gasteiger partial charge in [-0.05, 0) is 43.0 Å². The van der Waals surface area contributed by atoms with E-state index in [1.807, 2.05) is 26.0 Å². The zero-order valence-electron chi connectivity index (χ0n) is 15.5. The van der Waals surface area contributed by atoms with Crippen LogP contribution in [0, 0.1) is 0 Å². The first-order chi connectivity index (χ1) is 12.1. The average molecular weight is 489 g/mol. The highest BCUT2D eigenvalue weighted by Crippen LogP contribution is 2.27. The highest BCUT2D eigenvalue weighted by atomic mass is 127. The maximum atomic E-state index is 9.78. The number of benzene rings is 1. The lowest BCUT2D eigenvalue weighted by Crippen LogP contribution is -2.39. The molecule has 0 bridgehead atoms. The molecule has 0 spiro atoms. The van der Waals surface area contributed by atoms with Crippen LogP contribution in [0.25, 0.3) is 0 Å². The van der Waals surface area contributed by atoms with Crippen molar-refractivity contribution < 1.29 is 9.84 Å². The molecule has 26 heavy (non-hydrogen) atoms. The van der Waals surface area contributed by atoms with Crippen LogP contribution in [0.3, 0.4) is 0 Å². The van der Waals surface area contributed by atoms with Crippen LogP contribution in [0.1, 0.15) is 37.1 Å². The summed E-state index contributed by atoms with van der Waals surface area (Å²) in [6, 6.07) is 9.58. The summed E-state index contributed by atoms with van der Waals surface area (Å²) in [5, 5.41) is 18.5. The number of rotatable bonds is 8. The Morgan fingerprint density at radius 3 is 2.73 bits per heavy atom. The number of aromatic hydroxyl groups is 1. The van der Waals surface area contributed by atoms with Crippen molar-refractivity contribution in [3.63, 3.8) is 0 Å². The summed E-state index contributed by atoms with van der Waals surface area (Å²) in [6.07, 6.45) is 0. The number of nitrogens with zero attached hydrogens (tertiary/aromatic N) is 1. The smallest absolute Gasteiger partial charge is 0.191 e. The molecule has 7 heteroatoms. The van der Waals surface area contributed by atoms with Gasteiger partial charge in [-0.25, -0.2) is 4.99 Å². The Morgan fingerprint density at radius 1 is 1.27 bits per heavy atom. The SMILES string of the molecule is CCNC(=NCc1ccc(O)c(OCC)c1)NCC(C)c1cccs1.I. The fourth-order valence-electron chi connectivity index (χ4n) is 2.36. The van der Waals surface area contributed by atoms with Crippen molar-refractivity contribution in [1.82, 2.24) is 10.6 Å². The van der Waals surface area contributed by atoms with Crippen molar-refractivity contribution >= 4 is 41.3 Å². The van der Waals surface area contributed by atoms with Gasteiger partial charge >= 0.3 is 0 Å². The van der Waals surface area contributed by atoms with Crippen molar-refractivity contribution in [3.05, 3.63) is 46.2 Å². The maximum Gasteiger partial charge on any atom is 0.191 e. The van der Waals surface area contributed by atoms with E-state index in [9.17, 15) is 5.11 Å². The molecular weight excluding hydrogens is 461 g/mol. The van der Waals surface area contributed by atoms with Crippen LogP contribution in [0.15, 0.2) is 40.7 Å². The highest BCUT2D eigenvalue weighted by Gasteiger charge is 2.08. The first-order valence-corrected chi connectivity index (χ1v) is 9.52. The molecule has 1 heterocycles. The minimum atomic E-state index is 0. The van der Waals surface area contributed by atoms with Gasteiger partial charge in [0.15, 0.2) is 17.5 Å². The van der Waals surface area contributed by atoms with Gasteiger partial charge in [0.25, 0.3) is 0 Å². The number of ether oxygens (including phenoxy) is 1. The molecule has 0 radical (unpaired) electrons. The van der Waals surface area contributed by atoms with E-state index in [0.29, 0.717) is 24.8 Å². The molecule has 1 unspecified atom stereocenters. The number of hydrogen-bond donors (Lipinski definition) is 3. The summed E-state index contributed by atoms with van der Waals surface area (Å²) in [4.78, 5) is 5.99. The van der Waals surface area contributed by atoms with Crippen molar-refractivity contribution in [2.24, 2.45) is 4.99 Å². The second-order valence-corrected chi connectivity index (χ2v) is 6.71. The number of halogens is 1. The fourth-order valence-corrected chi connectivity index (χ4v) is 3.15. The van der Waals surface area contributed by atoms with Gasteiger partial charge in [-0.2, -0.15) is 0 Å². The van der Waals surface area contributed by atoms with E-state index < -0.39 is 0 Å². The molecule has 0 saturated carbocycles. The second kappa shape index (κ2) is 12.0. The Balaban J connectivity index is 0.00000338.